The molecule has 2 atom stereocenters. The summed E-state index contributed by atoms with van der Waals surface area (Å²) in [6.07, 6.45) is -0.981. The summed E-state index contributed by atoms with van der Waals surface area (Å²) in [7, 11) is 0. The molecular formula is C13H19F2NO2. The van der Waals surface area contributed by atoms with Crippen molar-refractivity contribution in [1.82, 2.24) is 5.32 Å². The number of aliphatic hydroxyl groups is 2. The molecule has 0 bridgehead atoms. The summed E-state index contributed by atoms with van der Waals surface area (Å²) in [6.45, 7) is 5.17. The Morgan fingerprint density at radius 1 is 1.28 bits per heavy atom. The van der Waals surface area contributed by atoms with Gasteiger partial charge in [-0.05, 0) is 38.5 Å². The first-order valence-corrected chi connectivity index (χ1v) is 5.78. The van der Waals surface area contributed by atoms with Gasteiger partial charge in [-0.2, -0.15) is 0 Å². The normalized spacial score (nSPS) is 15.5. The van der Waals surface area contributed by atoms with Crippen LogP contribution < -0.4 is 5.32 Å². The number of hydrogen-bond donors (Lipinski definition) is 3. The topological polar surface area (TPSA) is 52.5 Å². The van der Waals surface area contributed by atoms with Gasteiger partial charge in [0.2, 0.25) is 0 Å². The molecule has 0 heterocycles. The van der Waals surface area contributed by atoms with Gasteiger partial charge in [0.05, 0.1) is 12.7 Å². The van der Waals surface area contributed by atoms with E-state index in [2.05, 4.69) is 5.32 Å². The largest absolute Gasteiger partial charge is 0.394 e. The molecule has 0 aliphatic rings. The summed E-state index contributed by atoms with van der Waals surface area (Å²) in [5, 5.41) is 22.2. The van der Waals surface area contributed by atoms with Gasteiger partial charge in [0.15, 0.2) is 11.6 Å². The molecule has 1 aromatic rings. The molecule has 3 N–H and O–H groups in total. The van der Waals surface area contributed by atoms with E-state index in [0.29, 0.717) is 5.56 Å². The van der Waals surface area contributed by atoms with E-state index in [4.69, 9.17) is 5.11 Å². The summed E-state index contributed by atoms with van der Waals surface area (Å²) < 4.78 is 25.8. The van der Waals surface area contributed by atoms with E-state index >= 15 is 0 Å². The molecule has 2 unspecified atom stereocenters. The van der Waals surface area contributed by atoms with E-state index in [-0.39, 0.29) is 6.61 Å². The molecule has 0 aliphatic carbocycles. The molecular weight excluding hydrogens is 240 g/mol. The molecule has 1 rings (SSSR count). The Morgan fingerprint density at radius 2 is 1.89 bits per heavy atom. The zero-order valence-corrected chi connectivity index (χ0v) is 10.7. The maximum Gasteiger partial charge on any atom is 0.159 e. The number of aliphatic hydroxyl groups excluding tert-OH is 2. The Morgan fingerprint density at radius 3 is 2.39 bits per heavy atom. The van der Waals surface area contributed by atoms with Gasteiger partial charge in [-0.1, -0.05) is 6.07 Å². The second-order valence-corrected chi connectivity index (χ2v) is 5.09. The lowest BCUT2D eigenvalue weighted by Gasteiger charge is -2.31. The highest BCUT2D eigenvalue weighted by Gasteiger charge is 2.24. The van der Waals surface area contributed by atoms with Gasteiger partial charge in [-0.15, -0.1) is 0 Å². The Hall–Kier alpha value is -1.04. The van der Waals surface area contributed by atoms with Crippen LogP contribution in [0.5, 0.6) is 0 Å². The fourth-order valence-corrected chi connectivity index (χ4v) is 1.73. The van der Waals surface area contributed by atoms with Gasteiger partial charge in [0.1, 0.15) is 0 Å². The summed E-state index contributed by atoms with van der Waals surface area (Å²) in [4.78, 5) is 0. The fraction of sp³-hybridized carbons (Fsp3) is 0.538. The monoisotopic (exact) mass is 259 g/mol. The van der Waals surface area contributed by atoms with Crippen LogP contribution in [-0.2, 0) is 0 Å². The average molecular weight is 259 g/mol. The minimum atomic E-state index is -0.986. The number of halogens is 2. The first kappa shape index (κ1) is 15.0. The summed E-state index contributed by atoms with van der Waals surface area (Å²) in [6, 6.07) is 2.90. The Bertz CT molecular complexity index is 410. The second kappa shape index (κ2) is 5.73. The molecule has 5 heteroatoms. The van der Waals surface area contributed by atoms with Gasteiger partial charge in [-0.25, -0.2) is 8.78 Å². The van der Waals surface area contributed by atoms with Crippen molar-refractivity contribution in [3.63, 3.8) is 0 Å². The average Bonchev–Trinajstić information content (AvgIpc) is 2.31. The van der Waals surface area contributed by atoms with E-state index in [1.807, 2.05) is 0 Å². The summed E-state index contributed by atoms with van der Waals surface area (Å²) >= 11 is 0. The number of benzene rings is 1. The molecule has 0 fully saturated rings. The van der Waals surface area contributed by atoms with E-state index in [9.17, 15) is 13.9 Å². The zero-order valence-electron chi connectivity index (χ0n) is 10.7. The van der Waals surface area contributed by atoms with Crippen LogP contribution in [0, 0.1) is 11.6 Å². The van der Waals surface area contributed by atoms with Crippen LogP contribution in [0.4, 0.5) is 8.78 Å². The summed E-state index contributed by atoms with van der Waals surface area (Å²) in [5.41, 5.74) is -0.262. The molecule has 1 aromatic carbocycles. The van der Waals surface area contributed by atoms with Crippen molar-refractivity contribution in [3.05, 3.63) is 35.4 Å². The standard InChI is InChI=1S/C13H19F2NO2/c1-8(16-13(2,3)7-17)12(18)9-4-5-10(14)11(15)6-9/h4-6,8,12,16-18H,7H2,1-3H3. The van der Waals surface area contributed by atoms with Gasteiger partial charge in [-0.3, -0.25) is 0 Å². The van der Waals surface area contributed by atoms with E-state index < -0.39 is 29.3 Å². The van der Waals surface area contributed by atoms with Crippen LogP contribution in [0.3, 0.4) is 0 Å². The van der Waals surface area contributed by atoms with Gasteiger partial charge >= 0.3 is 0 Å². The molecule has 0 saturated carbocycles. The van der Waals surface area contributed by atoms with Crippen molar-refractivity contribution in [1.29, 1.82) is 0 Å². The molecule has 102 valence electrons. The van der Waals surface area contributed by atoms with E-state index in [1.165, 1.54) is 6.07 Å². The lowest BCUT2D eigenvalue weighted by atomic mass is 9.99. The Labute approximate surface area is 105 Å². The molecule has 0 amide bonds. The maximum atomic E-state index is 13.1. The molecule has 0 aromatic heterocycles. The van der Waals surface area contributed by atoms with Crippen LogP contribution in [0.15, 0.2) is 18.2 Å². The van der Waals surface area contributed by atoms with Crippen molar-refractivity contribution >= 4 is 0 Å². The third kappa shape index (κ3) is 3.73. The van der Waals surface area contributed by atoms with Gasteiger partial charge in [0, 0.05) is 11.6 Å². The van der Waals surface area contributed by atoms with E-state index in [1.54, 1.807) is 20.8 Å². The minimum absolute atomic E-state index is 0.0954. The highest BCUT2D eigenvalue weighted by molar-refractivity contribution is 5.21. The van der Waals surface area contributed by atoms with Crippen LogP contribution in [0.1, 0.15) is 32.4 Å². The number of nitrogens with one attached hydrogen (secondary N) is 1. The first-order valence-electron chi connectivity index (χ1n) is 5.78. The molecule has 3 nitrogen and oxygen atoms in total. The van der Waals surface area contributed by atoms with E-state index in [0.717, 1.165) is 12.1 Å². The van der Waals surface area contributed by atoms with Gasteiger partial charge in [0.25, 0.3) is 0 Å². The predicted molar refractivity (Wildman–Crippen MR) is 65.1 cm³/mol. The van der Waals surface area contributed by atoms with Crippen LogP contribution in [0.25, 0.3) is 0 Å². The lowest BCUT2D eigenvalue weighted by Crippen LogP contribution is -2.49. The van der Waals surface area contributed by atoms with Crippen molar-refractivity contribution in [2.75, 3.05) is 6.61 Å². The van der Waals surface area contributed by atoms with Crippen LogP contribution >= 0.6 is 0 Å². The van der Waals surface area contributed by atoms with Crippen molar-refractivity contribution in [2.24, 2.45) is 0 Å². The Kier molecular flexibility index (Phi) is 4.78. The van der Waals surface area contributed by atoms with Crippen molar-refractivity contribution in [3.8, 4) is 0 Å². The van der Waals surface area contributed by atoms with Gasteiger partial charge < -0.3 is 15.5 Å². The molecule has 0 radical (unpaired) electrons. The fourth-order valence-electron chi connectivity index (χ4n) is 1.73. The zero-order chi connectivity index (χ0) is 13.9. The maximum absolute atomic E-state index is 13.1. The third-order valence-electron chi connectivity index (χ3n) is 2.77. The highest BCUT2D eigenvalue weighted by Crippen LogP contribution is 2.20. The molecule has 0 saturated heterocycles. The van der Waals surface area contributed by atoms with Crippen molar-refractivity contribution in [2.45, 2.75) is 38.5 Å². The number of rotatable bonds is 5. The quantitative estimate of drug-likeness (QED) is 0.755. The molecule has 0 aliphatic heterocycles. The van der Waals surface area contributed by atoms with Crippen molar-refractivity contribution < 1.29 is 19.0 Å². The smallest absolute Gasteiger partial charge is 0.159 e. The molecule has 0 spiro atoms. The highest BCUT2D eigenvalue weighted by atomic mass is 19.2. The molecule has 18 heavy (non-hydrogen) atoms. The summed E-state index contributed by atoms with van der Waals surface area (Å²) in [5.74, 6) is -1.93. The van der Waals surface area contributed by atoms with Crippen LogP contribution in [0.2, 0.25) is 0 Å². The number of hydrogen-bond acceptors (Lipinski definition) is 3. The van der Waals surface area contributed by atoms with Crippen LogP contribution in [-0.4, -0.2) is 28.4 Å². The first-order chi connectivity index (χ1) is 8.26. The lowest BCUT2D eigenvalue weighted by molar-refractivity contribution is 0.0988. The SMILES string of the molecule is CC(NC(C)(C)CO)C(O)c1ccc(F)c(F)c1. The second-order valence-electron chi connectivity index (χ2n) is 5.09. The minimum Gasteiger partial charge on any atom is -0.394 e. The third-order valence-corrected chi connectivity index (χ3v) is 2.77. The predicted octanol–water partition coefficient (Wildman–Crippen LogP) is 1.75. The Balaban J connectivity index is 2.80.